The molecule has 2 heteroatoms. The van der Waals surface area contributed by atoms with Gasteiger partial charge in [0.1, 0.15) is 0 Å². The van der Waals surface area contributed by atoms with Crippen molar-refractivity contribution in [1.29, 1.82) is 0 Å². The Morgan fingerprint density at radius 1 is 1.50 bits per heavy atom. The fourth-order valence-electron chi connectivity index (χ4n) is 1.13. The lowest BCUT2D eigenvalue weighted by atomic mass is 10.0. The second-order valence-corrected chi connectivity index (χ2v) is 3.22. The molecule has 12 heavy (non-hydrogen) atoms. The summed E-state index contributed by atoms with van der Waals surface area (Å²) in [5, 5.41) is 0. The summed E-state index contributed by atoms with van der Waals surface area (Å²) in [5.41, 5.74) is 1.15. The van der Waals surface area contributed by atoms with E-state index >= 15 is 0 Å². The third kappa shape index (κ3) is 2.53. The van der Waals surface area contributed by atoms with E-state index < -0.39 is 0 Å². The monoisotopic (exact) mass is 165 g/mol. The van der Waals surface area contributed by atoms with Crippen LogP contribution in [0.1, 0.15) is 19.3 Å². The van der Waals surface area contributed by atoms with Crippen LogP contribution >= 0.6 is 0 Å². The number of amides is 1. The van der Waals surface area contributed by atoms with E-state index in [-0.39, 0.29) is 5.91 Å². The van der Waals surface area contributed by atoms with Crippen LogP contribution in [0.2, 0.25) is 0 Å². The highest BCUT2D eigenvalue weighted by atomic mass is 16.2. The third-order valence-corrected chi connectivity index (χ3v) is 1.93. The minimum atomic E-state index is 0.174. The molecule has 0 N–H and O–H groups in total. The van der Waals surface area contributed by atoms with Gasteiger partial charge in [-0.1, -0.05) is 18.2 Å². The van der Waals surface area contributed by atoms with Crippen LogP contribution in [0.25, 0.3) is 0 Å². The lowest BCUT2D eigenvalue weighted by molar-refractivity contribution is -0.127. The molecule has 1 aliphatic carbocycles. The summed E-state index contributed by atoms with van der Waals surface area (Å²) in [6.45, 7) is 0. The first-order valence-electron chi connectivity index (χ1n) is 4.26. The molecular weight excluding hydrogens is 150 g/mol. The topological polar surface area (TPSA) is 20.3 Å². The highest BCUT2D eigenvalue weighted by Crippen LogP contribution is 2.13. The van der Waals surface area contributed by atoms with E-state index in [0.717, 1.165) is 18.4 Å². The number of nitrogens with zero attached hydrogens (tertiary/aromatic N) is 1. The van der Waals surface area contributed by atoms with E-state index in [1.54, 1.807) is 19.0 Å². The van der Waals surface area contributed by atoms with Crippen LogP contribution in [0.15, 0.2) is 23.8 Å². The van der Waals surface area contributed by atoms with Crippen LogP contribution in [0.5, 0.6) is 0 Å². The largest absolute Gasteiger partial charge is 0.349 e. The minimum absolute atomic E-state index is 0.174. The number of carbonyl (C=O) groups excluding carboxylic acids is 1. The lowest BCUT2D eigenvalue weighted by Gasteiger charge is -2.11. The fraction of sp³-hybridized carbons (Fsp3) is 0.500. The van der Waals surface area contributed by atoms with Gasteiger partial charge in [-0.2, -0.15) is 0 Å². The first-order chi connectivity index (χ1) is 5.70. The molecule has 0 spiro atoms. The molecule has 0 radical (unpaired) electrons. The normalized spacial score (nSPS) is 15.7. The van der Waals surface area contributed by atoms with Gasteiger partial charge >= 0.3 is 0 Å². The summed E-state index contributed by atoms with van der Waals surface area (Å²) >= 11 is 0. The summed E-state index contributed by atoms with van der Waals surface area (Å²) in [4.78, 5) is 12.9. The fourth-order valence-corrected chi connectivity index (χ4v) is 1.13. The van der Waals surface area contributed by atoms with Gasteiger partial charge in [0.2, 0.25) is 5.91 Å². The first-order valence-corrected chi connectivity index (χ1v) is 4.26. The summed E-state index contributed by atoms with van der Waals surface area (Å²) < 4.78 is 0. The SMILES string of the molecule is CN(C)C(=O)CC1=CCCC=C1. The molecule has 0 heterocycles. The summed E-state index contributed by atoms with van der Waals surface area (Å²) in [6.07, 6.45) is 9.04. The second kappa shape index (κ2) is 4.10. The molecule has 2 nitrogen and oxygen atoms in total. The Hall–Kier alpha value is -1.05. The van der Waals surface area contributed by atoms with E-state index in [9.17, 15) is 4.79 Å². The van der Waals surface area contributed by atoms with Crippen LogP contribution in [0.3, 0.4) is 0 Å². The van der Waals surface area contributed by atoms with Crippen LogP contribution in [-0.2, 0) is 4.79 Å². The Morgan fingerprint density at radius 2 is 2.25 bits per heavy atom. The van der Waals surface area contributed by atoms with Crippen LogP contribution in [0.4, 0.5) is 0 Å². The van der Waals surface area contributed by atoms with Crippen molar-refractivity contribution in [3.63, 3.8) is 0 Å². The van der Waals surface area contributed by atoms with Crippen molar-refractivity contribution in [3.05, 3.63) is 23.8 Å². The number of hydrogen-bond acceptors (Lipinski definition) is 1. The molecule has 1 aliphatic rings. The molecule has 0 aromatic carbocycles. The van der Waals surface area contributed by atoms with Gasteiger partial charge in [0.05, 0.1) is 6.42 Å². The zero-order valence-electron chi connectivity index (χ0n) is 7.71. The van der Waals surface area contributed by atoms with E-state index in [2.05, 4.69) is 12.2 Å². The highest BCUT2D eigenvalue weighted by Gasteiger charge is 2.06. The number of allylic oxidation sites excluding steroid dienone is 3. The molecule has 0 saturated carbocycles. The Kier molecular flexibility index (Phi) is 3.09. The van der Waals surface area contributed by atoms with Crippen molar-refractivity contribution >= 4 is 5.91 Å². The third-order valence-electron chi connectivity index (χ3n) is 1.93. The molecule has 1 amide bonds. The van der Waals surface area contributed by atoms with E-state index in [0.29, 0.717) is 6.42 Å². The van der Waals surface area contributed by atoms with Gasteiger partial charge in [-0.05, 0) is 18.4 Å². The highest BCUT2D eigenvalue weighted by molar-refractivity contribution is 5.78. The molecule has 0 aromatic rings. The molecule has 1 rings (SSSR count). The van der Waals surface area contributed by atoms with E-state index in [1.165, 1.54) is 0 Å². The first kappa shape index (κ1) is 9.04. The molecule has 0 unspecified atom stereocenters. The van der Waals surface area contributed by atoms with Gasteiger partial charge in [0, 0.05) is 14.1 Å². The van der Waals surface area contributed by atoms with Crippen molar-refractivity contribution in [3.8, 4) is 0 Å². The Bertz CT molecular complexity index is 226. The molecule has 0 fully saturated rings. The number of rotatable bonds is 2. The predicted octanol–water partition coefficient (Wildman–Crippen LogP) is 1.74. The maximum Gasteiger partial charge on any atom is 0.226 e. The molecule has 0 bridgehead atoms. The van der Waals surface area contributed by atoms with Crippen LogP contribution in [0, 0.1) is 0 Å². The Morgan fingerprint density at radius 3 is 2.75 bits per heavy atom. The second-order valence-electron chi connectivity index (χ2n) is 3.22. The average Bonchev–Trinajstić information content (AvgIpc) is 2.06. The maximum atomic E-state index is 11.3. The van der Waals surface area contributed by atoms with Crippen molar-refractivity contribution in [2.75, 3.05) is 14.1 Å². The number of hydrogen-bond donors (Lipinski definition) is 0. The van der Waals surface area contributed by atoms with Gasteiger partial charge in [-0.25, -0.2) is 0 Å². The summed E-state index contributed by atoms with van der Waals surface area (Å²) in [7, 11) is 3.57. The van der Waals surface area contributed by atoms with Crippen molar-refractivity contribution in [2.45, 2.75) is 19.3 Å². The van der Waals surface area contributed by atoms with Crippen molar-refractivity contribution in [2.24, 2.45) is 0 Å². The zero-order valence-corrected chi connectivity index (χ0v) is 7.71. The van der Waals surface area contributed by atoms with E-state index in [4.69, 9.17) is 0 Å². The zero-order chi connectivity index (χ0) is 8.97. The van der Waals surface area contributed by atoms with Gasteiger partial charge in [0.25, 0.3) is 0 Å². The molecule has 0 aliphatic heterocycles. The summed E-state index contributed by atoms with van der Waals surface area (Å²) in [5.74, 6) is 0.174. The number of carbonyl (C=O) groups is 1. The van der Waals surface area contributed by atoms with Gasteiger partial charge in [-0.3, -0.25) is 4.79 Å². The van der Waals surface area contributed by atoms with Gasteiger partial charge in [-0.15, -0.1) is 0 Å². The maximum absolute atomic E-state index is 11.3. The average molecular weight is 165 g/mol. The molecule has 0 aromatic heterocycles. The molecule has 0 saturated heterocycles. The standard InChI is InChI=1S/C10H15NO/c1-11(2)10(12)8-9-6-4-3-5-7-9/h4,6-7H,3,5,8H2,1-2H3. The van der Waals surface area contributed by atoms with Crippen molar-refractivity contribution in [1.82, 2.24) is 4.90 Å². The smallest absolute Gasteiger partial charge is 0.226 e. The molecule has 0 atom stereocenters. The summed E-state index contributed by atoms with van der Waals surface area (Å²) in [6, 6.07) is 0. The Balaban J connectivity index is 2.46. The van der Waals surface area contributed by atoms with Gasteiger partial charge < -0.3 is 4.90 Å². The lowest BCUT2D eigenvalue weighted by Crippen LogP contribution is -2.21. The van der Waals surface area contributed by atoms with E-state index in [1.807, 2.05) is 6.08 Å². The van der Waals surface area contributed by atoms with Gasteiger partial charge in [0.15, 0.2) is 0 Å². The van der Waals surface area contributed by atoms with Crippen LogP contribution < -0.4 is 0 Å². The van der Waals surface area contributed by atoms with Crippen LogP contribution in [-0.4, -0.2) is 24.9 Å². The quantitative estimate of drug-likeness (QED) is 0.610. The van der Waals surface area contributed by atoms with Crippen molar-refractivity contribution < 1.29 is 4.79 Å². The molecule has 66 valence electrons. The minimum Gasteiger partial charge on any atom is -0.349 e. The molecular formula is C10H15NO. The predicted molar refractivity (Wildman–Crippen MR) is 49.8 cm³/mol. The Labute approximate surface area is 73.6 Å².